The van der Waals surface area contributed by atoms with Gasteiger partial charge in [-0.25, -0.2) is 0 Å². The Hall–Kier alpha value is -0.820. The number of cyclic esters (lactones) is 1. The molecule has 0 saturated carbocycles. The van der Waals surface area contributed by atoms with Crippen molar-refractivity contribution in [3.05, 3.63) is 0 Å². The van der Waals surface area contributed by atoms with Gasteiger partial charge < -0.3 is 4.74 Å². The molecule has 0 amide bonds. The molecule has 0 aromatic heterocycles. The Labute approximate surface area is 123 Å². The van der Waals surface area contributed by atoms with Gasteiger partial charge in [-0.3, -0.25) is 14.6 Å². The Morgan fingerprint density at radius 3 is 2.67 bits per heavy atom. The first-order valence-electron chi connectivity index (χ1n) is 7.52. The molecule has 0 spiro atoms. The number of carbonyl (C=O) groups is 1. The molecule has 21 heavy (non-hydrogen) atoms. The molecule has 0 aliphatic carbocycles. The number of hydrogen-bond donors (Lipinski definition) is 0. The van der Waals surface area contributed by atoms with E-state index < -0.39 is 12.7 Å². The average Bonchev–Trinajstić information content (AvgIpc) is 2.93. The third-order valence-electron chi connectivity index (χ3n) is 4.27. The van der Waals surface area contributed by atoms with Crippen molar-refractivity contribution >= 4 is 5.97 Å². The number of rotatable bonds is 5. The predicted octanol–water partition coefficient (Wildman–Crippen LogP) is 1.90. The highest BCUT2D eigenvalue weighted by Crippen LogP contribution is 2.27. The standard InChI is InChI=1S/C14H23F3N2O2/c1-3-18(9-14(15,16)17)7-11-4-5-19(8-11)12-6-10(2)21-13(12)20/h10-12H,3-9H2,1-2H3/t10-,11-,12-/m0/s1. The first-order valence-corrected chi connectivity index (χ1v) is 7.52. The van der Waals surface area contributed by atoms with E-state index in [1.807, 2.05) is 6.92 Å². The van der Waals surface area contributed by atoms with Crippen LogP contribution in [0.15, 0.2) is 0 Å². The minimum atomic E-state index is -4.15. The summed E-state index contributed by atoms with van der Waals surface area (Å²) in [7, 11) is 0. The predicted molar refractivity (Wildman–Crippen MR) is 71.8 cm³/mol. The van der Waals surface area contributed by atoms with Crippen molar-refractivity contribution in [3.8, 4) is 0 Å². The third-order valence-corrected chi connectivity index (χ3v) is 4.27. The zero-order valence-corrected chi connectivity index (χ0v) is 12.5. The van der Waals surface area contributed by atoms with Crippen LogP contribution in [-0.4, -0.2) is 66.8 Å². The zero-order chi connectivity index (χ0) is 15.6. The van der Waals surface area contributed by atoms with Gasteiger partial charge in [0, 0.05) is 19.5 Å². The molecule has 2 fully saturated rings. The highest BCUT2D eigenvalue weighted by molar-refractivity contribution is 5.78. The first kappa shape index (κ1) is 16.5. The topological polar surface area (TPSA) is 32.8 Å². The van der Waals surface area contributed by atoms with Gasteiger partial charge in [-0.05, 0) is 32.4 Å². The Morgan fingerprint density at radius 1 is 1.43 bits per heavy atom. The van der Waals surface area contributed by atoms with E-state index in [1.165, 1.54) is 4.90 Å². The summed E-state index contributed by atoms with van der Waals surface area (Å²) in [6, 6.07) is -0.206. The number of esters is 1. The van der Waals surface area contributed by atoms with Crippen LogP contribution in [0.5, 0.6) is 0 Å². The maximum absolute atomic E-state index is 12.5. The van der Waals surface area contributed by atoms with Gasteiger partial charge in [0.25, 0.3) is 0 Å². The van der Waals surface area contributed by atoms with Gasteiger partial charge in [-0.2, -0.15) is 13.2 Å². The lowest BCUT2D eigenvalue weighted by Gasteiger charge is -2.26. The summed E-state index contributed by atoms with van der Waals surface area (Å²) >= 11 is 0. The minimum Gasteiger partial charge on any atom is -0.461 e. The van der Waals surface area contributed by atoms with E-state index in [-0.39, 0.29) is 24.0 Å². The highest BCUT2D eigenvalue weighted by atomic mass is 19.4. The molecule has 2 aliphatic rings. The quantitative estimate of drug-likeness (QED) is 0.726. The van der Waals surface area contributed by atoms with Gasteiger partial charge in [0.05, 0.1) is 6.54 Å². The lowest BCUT2D eigenvalue weighted by molar-refractivity contribution is -0.146. The van der Waals surface area contributed by atoms with Gasteiger partial charge >= 0.3 is 12.1 Å². The Bertz CT molecular complexity index is 376. The molecule has 0 radical (unpaired) electrons. The molecule has 2 rings (SSSR count). The Kier molecular flexibility index (Phi) is 5.14. The molecule has 0 aromatic carbocycles. The van der Waals surface area contributed by atoms with Crippen LogP contribution in [0.3, 0.4) is 0 Å². The van der Waals surface area contributed by atoms with Crippen molar-refractivity contribution in [2.75, 3.05) is 32.7 Å². The van der Waals surface area contributed by atoms with Crippen LogP contribution in [0.2, 0.25) is 0 Å². The van der Waals surface area contributed by atoms with Crippen LogP contribution in [0.1, 0.15) is 26.7 Å². The summed E-state index contributed by atoms with van der Waals surface area (Å²) in [5.41, 5.74) is 0. The molecular weight excluding hydrogens is 285 g/mol. The highest BCUT2D eigenvalue weighted by Gasteiger charge is 2.40. The van der Waals surface area contributed by atoms with Crippen LogP contribution in [0.25, 0.3) is 0 Å². The monoisotopic (exact) mass is 308 g/mol. The van der Waals surface area contributed by atoms with Crippen LogP contribution in [0.4, 0.5) is 13.2 Å². The van der Waals surface area contributed by atoms with Gasteiger partial charge in [0.15, 0.2) is 0 Å². The maximum atomic E-state index is 12.5. The van der Waals surface area contributed by atoms with Gasteiger partial charge in [0.1, 0.15) is 12.1 Å². The van der Waals surface area contributed by atoms with E-state index in [0.717, 1.165) is 13.0 Å². The molecule has 3 atom stereocenters. The normalized spacial score (nSPS) is 31.1. The molecule has 2 saturated heterocycles. The summed E-state index contributed by atoms with van der Waals surface area (Å²) in [5.74, 6) is 0.00166. The molecule has 0 unspecified atom stereocenters. The van der Waals surface area contributed by atoms with E-state index in [9.17, 15) is 18.0 Å². The molecule has 2 aliphatic heterocycles. The first-order chi connectivity index (χ1) is 9.78. The smallest absolute Gasteiger partial charge is 0.401 e. The fourth-order valence-corrected chi connectivity index (χ4v) is 3.25. The fraction of sp³-hybridized carbons (Fsp3) is 0.929. The van der Waals surface area contributed by atoms with Crippen LogP contribution >= 0.6 is 0 Å². The second-order valence-corrected chi connectivity index (χ2v) is 6.09. The van der Waals surface area contributed by atoms with Gasteiger partial charge in [0.2, 0.25) is 0 Å². The molecule has 0 N–H and O–H groups in total. The average molecular weight is 308 g/mol. The van der Waals surface area contributed by atoms with Crippen molar-refractivity contribution in [1.82, 2.24) is 9.80 Å². The molecule has 0 bridgehead atoms. The van der Waals surface area contributed by atoms with E-state index in [0.29, 0.717) is 26.1 Å². The zero-order valence-electron chi connectivity index (χ0n) is 12.5. The summed E-state index contributed by atoms with van der Waals surface area (Å²) in [5, 5.41) is 0. The largest absolute Gasteiger partial charge is 0.461 e. The van der Waals surface area contributed by atoms with Crippen molar-refractivity contribution in [3.63, 3.8) is 0 Å². The Balaban J connectivity index is 1.83. The number of hydrogen-bond acceptors (Lipinski definition) is 4. The fourth-order valence-electron chi connectivity index (χ4n) is 3.25. The van der Waals surface area contributed by atoms with Crippen molar-refractivity contribution in [2.45, 2.75) is 45.0 Å². The number of carbonyl (C=O) groups excluding carboxylic acids is 1. The van der Waals surface area contributed by atoms with E-state index in [1.54, 1.807) is 6.92 Å². The number of nitrogens with zero attached hydrogens (tertiary/aromatic N) is 2. The minimum absolute atomic E-state index is 0.0566. The molecular formula is C14H23F3N2O2. The maximum Gasteiger partial charge on any atom is 0.401 e. The number of likely N-dealkylation sites (tertiary alicyclic amines) is 1. The van der Waals surface area contributed by atoms with Gasteiger partial charge in [-0.1, -0.05) is 6.92 Å². The SMILES string of the molecule is CCN(C[C@@H]1CCN([C@H]2C[C@H](C)OC2=O)C1)CC(F)(F)F. The molecule has 4 nitrogen and oxygen atoms in total. The summed E-state index contributed by atoms with van der Waals surface area (Å²) in [6.45, 7) is 5.02. The molecule has 7 heteroatoms. The lowest BCUT2D eigenvalue weighted by Crippen LogP contribution is -2.40. The molecule has 0 aromatic rings. The van der Waals surface area contributed by atoms with Crippen molar-refractivity contribution < 1.29 is 22.7 Å². The van der Waals surface area contributed by atoms with Crippen LogP contribution < -0.4 is 0 Å². The second kappa shape index (κ2) is 6.52. The van der Waals surface area contributed by atoms with Crippen molar-refractivity contribution in [2.24, 2.45) is 5.92 Å². The summed E-state index contributed by atoms with van der Waals surface area (Å²) in [4.78, 5) is 15.2. The number of ether oxygens (including phenoxy) is 1. The molecule has 122 valence electrons. The van der Waals surface area contributed by atoms with Crippen molar-refractivity contribution in [1.29, 1.82) is 0 Å². The summed E-state index contributed by atoms with van der Waals surface area (Å²) in [6.07, 6.45) is -2.68. The third kappa shape index (κ3) is 4.57. The second-order valence-electron chi connectivity index (χ2n) is 6.09. The Morgan fingerprint density at radius 2 is 2.14 bits per heavy atom. The summed E-state index contributed by atoms with van der Waals surface area (Å²) < 4.78 is 42.6. The van der Waals surface area contributed by atoms with Gasteiger partial charge in [-0.15, -0.1) is 0 Å². The lowest BCUT2D eigenvalue weighted by atomic mass is 10.1. The van der Waals surface area contributed by atoms with E-state index in [2.05, 4.69) is 4.90 Å². The molecule has 2 heterocycles. The van der Waals surface area contributed by atoms with E-state index in [4.69, 9.17) is 4.74 Å². The van der Waals surface area contributed by atoms with Crippen LogP contribution in [-0.2, 0) is 9.53 Å². The number of alkyl halides is 3. The number of halogens is 3. The van der Waals surface area contributed by atoms with Crippen LogP contribution in [0, 0.1) is 5.92 Å². The van der Waals surface area contributed by atoms with E-state index >= 15 is 0 Å².